The van der Waals surface area contributed by atoms with Gasteiger partial charge < -0.3 is 5.32 Å². The smallest absolute Gasteiger partial charge is 0.287 e. The Hall–Kier alpha value is -1.49. The Kier molecular flexibility index (Phi) is 2.71. The van der Waals surface area contributed by atoms with Gasteiger partial charge >= 0.3 is 0 Å². The lowest BCUT2D eigenvalue weighted by Crippen LogP contribution is -2.05. The average molecular weight is 167 g/mol. The molecule has 1 rings (SSSR count). The van der Waals surface area contributed by atoms with Gasteiger partial charge in [-0.05, 0) is 12.6 Å². The Morgan fingerprint density at radius 2 is 2.42 bits per heavy atom. The fourth-order valence-corrected chi connectivity index (χ4v) is 0.875. The SMILES string of the molecule is CNCc1cncc([N+](=O)[O-])c1. The predicted molar refractivity (Wildman–Crippen MR) is 43.7 cm³/mol. The molecule has 0 atom stereocenters. The molecule has 0 aromatic carbocycles. The molecular formula is C7H9N3O2. The number of nitrogens with zero attached hydrogens (tertiary/aromatic N) is 2. The number of nitro groups is 1. The van der Waals surface area contributed by atoms with Gasteiger partial charge in [-0.2, -0.15) is 0 Å². The van der Waals surface area contributed by atoms with Crippen LogP contribution in [0.5, 0.6) is 0 Å². The quantitative estimate of drug-likeness (QED) is 0.531. The maximum absolute atomic E-state index is 10.3. The second kappa shape index (κ2) is 3.77. The van der Waals surface area contributed by atoms with Crippen molar-refractivity contribution < 1.29 is 4.92 Å². The van der Waals surface area contributed by atoms with Gasteiger partial charge in [-0.3, -0.25) is 15.1 Å². The van der Waals surface area contributed by atoms with Crippen LogP contribution < -0.4 is 5.32 Å². The third kappa shape index (κ3) is 2.00. The van der Waals surface area contributed by atoms with E-state index in [1.54, 1.807) is 13.2 Å². The van der Waals surface area contributed by atoms with E-state index in [9.17, 15) is 10.1 Å². The highest BCUT2D eigenvalue weighted by Gasteiger charge is 2.05. The van der Waals surface area contributed by atoms with Gasteiger partial charge in [0.2, 0.25) is 0 Å². The van der Waals surface area contributed by atoms with Crippen molar-refractivity contribution in [1.82, 2.24) is 10.3 Å². The largest absolute Gasteiger partial charge is 0.316 e. The molecule has 5 heteroatoms. The summed E-state index contributed by atoms with van der Waals surface area (Å²) in [7, 11) is 1.78. The molecule has 0 unspecified atom stereocenters. The standard InChI is InChI=1S/C7H9N3O2/c1-8-3-6-2-7(10(11)12)5-9-4-6/h2,4-5,8H,3H2,1H3. The summed E-state index contributed by atoms with van der Waals surface area (Å²) in [4.78, 5) is 13.6. The fourth-order valence-electron chi connectivity index (χ4n) is 0.875. The van der Waals surface area contributed by atoms with E-state index >= 15 is 0 Å². The zero-order chi connectivity index (χ0) is 8.97. The van der Waals surface area contributed by atoms with Crippen molar-refractivity contribution in [3.05, 3.63) is 34.1 Å². The minimum atomic E-state index is -0.452. The van der Waals surface area contributed by atoms with E-state index in [1.165, 1.54) is 12.3 Å². The molecule has 12 heavy (non-hydrogen) atoms. The molecule has 0 amide bonds. The van der Waals surface area contributed by atoms with E-state index in [-0.39, 0.29) is 5.69 Å². The molecule has 0 fully saturated rings. The van der Waals surface area contributed by atoms with Crippen molar-refractivity contribution in [3.8, 4) is 0 Å². The normalized spacial score (nSPS) is 9.75. The van der Waals surface area contributed by atoms with Crippen molar-refractivity contribution in [2.75, 3.05) is 7.05 Å². The molecule has 1 N–H and O–H groups in total. The molecule has 0 radical (unpaired) electrons. The predicted octanol–water partition coefficient (Wildman–Crippen LogP) is 0.709. The lowest BCUT2D eigenvalue weighted by Gasteiger charge is -1.97. The Labute approximate surface area is 69.6 Å². The molecule has 0 aliphatic carbocycles. The van der Waals surface area contributed by atoms with Crippen LogP contribution in [0.25, 0.3) is 0 Å². The molecule has 0 bridgehead atoms. The summed E-state index contributed by atoms with van der Waals surface area (Å²) < 4.78 is 0. The molecule has 0 aliphatic heterocycles. The lowest BCUT2D eigenvalue weighted by atomic mass is 10.2. The summed E-state index contributed by atoms with van der Waals surface area (Å²) in [5, 5.41) is 13.2. The van der Waals surface area contributed by atoms with Gasteiger partial charge in [0.05, 0.1) is 4.92 Å². The Bertz CT molecular complexity index is 288. The Balaban J connectivity index is 2.88. The first-order chi connectivity index (χ1) is 5.74. The summed E-state index contributed by atoms with van der Waals surface area (Å²) in [6, 6.07) is 1.50. The average Bonchev–Trinajstić information content (AvgIpc) is 2.05. The molecular weight excluding hydrogens is 158 g/mol. The monoisotopic (exact) mass is 167 g/mol. The first-order valence-electron chi connectivity index (χ1n) is 3.47. The summed E-state index contributed by atoms with van der Waals surface area (Å²) >= 11 is 0. The van der Waals surface area contributed by atoms with Crippen LogP contribution in [0.3, 0.4) is 0 Å². The van der Waals surface area contributed by atoms with Gasteiger partial charge in [-0.1, -0.05) is 0 Å². The molecule has 0 saturated carbocycles. The minimum Gasteiger partial charge on any atom is -0.316 e. The molecule has 64 valence electrons. The highest BCUT2D eigenvalue weighted by molar-refractivity contribution is 5.29. The lowest BCUT2D eigenvalue weighted by molar-refractivity contribution is -0.385. The Morgan fingerprint density at radius 1 is 1.67 bits per heavy atom. The van der Waals surface area contributed by atoms with E-state index in [0.717, 1.165) is 5.56 Å². The van der Waals surface area contributed by atoms with Crippen LogP contribution in [0, 0.1) is 10.1 Å². The molecule has 1 aromatic rings. The van der Waals surface area contributed by atoms with Gasteiger partial charge in [0.15, 0.2) is 0 Å². The first kappa shape index (κ1) is 8.61. The zero-order valence-corrected chi connectivity index (χ0v) is 6.65. The molecule has 1 aromatic heterocycles. The van der Waals surface area contributed by atoms with Crippen LogP contribution in [-0.2, 0) is 6.54 Å². The number of rotatable bonds is 3. The molecule has 5 nitrogen and oxygen atoms in total. The number of hydrogen-bond donors (Lipinski definition) is 1. The van der Waals surface area contributed by atoms with Crippen molar-refractivity contribution in [2.45, 2.75) is 6.54 Å². The number of hydrogen-bond acceptors (Lipinski definition) is 4. The number of pyridine rings is 1. The van der Waals surface area contributed by atoms with E-state index in [0.29, 0.717) is 6.54 Å². The van der Waals surface area contributed by atoms with Crippen LogP contribution in [0.15, 0.2) is 18.5 Å². The van der Waals surface area contributed by atoms with E-state index < -0.39 is 4.92 Å². The maximum atomic E-state index is 10.3. The fraction of sp³-hybridized carbons (Fsp3) is 0.286. The summed E-state index contributed by atoms with van der Waals surface area (Å²) in [5.74, 6) is 0. The van der Waals surface area contributed by atoms with Gasteiger partial charge in [-0.15, -0.1) is 0 Å². The van der Waals surface area contributed by atoms with Crippen LogP contribution in [0.4, 0.5) is 5.69 Å². The van der Waals surface area contributed by atoms with Crippen molar-refractivity contribution in [2.24, 2.45) is 0 Å². The third-order valence-corrected chi connectivity index (χ3v) is 1.37. The van der Waals surface area contributed by atoms with E-state index in [1.807, 2.05) is 0 Å². The van der Waals surface area contributed by atoms with Crippen LogP contribution in [-0.4, -0.2) is 17.0 Å². The van der Waals surface area contributed by atoms with Crippen molar-refractivity contribution in [3.63, 3.8) is 0 Å². The second-order valence-electron chi connectivity index (χ2n) is 2.34. The van der Waals surface area contributed by atoms with Gasteiger partial charge in [-0.25, -0.2) is 0 Å². The molecule has 0 saturated heterocycles. The van der Waals surface area contributed by atoms with E-state index in [4.69, 9.17) is 0 Å². The summed E-state index contributed by atoms with van der Waals surface area (Å²) in [6.45, 7) is 0.592. The third-order valence-electron chi connectivity index (χ3n) is 1.37. The van der Waals surface area contributed by atoms with Gasteiger partial charge in [0.1, 0.15) is 6.20 Å². The van der Waals surface area contributed by atoms with Crippen LogP contribution in [0.2, 0.25) is 0 Å². The number of aromatic nitrogens is 1. The van der Waals surface area contributed by atoms with Crippen LogP contribution in [0.1, 0.15) is 5.56 Å². The summed E-state index contributed by atoms with van der Waals surface area (Å²) in [6.07, 6.45) is 2.84. The van der Waals surface area contributed by atoms with Crippen LogP contribution >= 0.6 is 0 Å². The van der Waals surface area contributed by atoms with Crippen molar-refractivity contribution >= 4 is 5.69 Å². The highest BCUT2D eigenvalue weighted by atomic mass is 16.6. The van der Waals surface area contributed by atoms with Gasteiger partial charge in [0.25, 0.3) is 5.69 Å². The molecule has 0 spiro atoms. The Morgan fingerprint density at radius 3 is 3.00 bits per heavy atom. The minimum absolute atomic E-state index is 0.0303. The maximum Gasteiger partial charge on any atom is 0.287 e. The van der Waals surface area contributed by atoms with E-state index in [2.05, 4.69) is 10.3 Å². The first-order valence-corrected chi connectivity index (χ1v) is 3.47. The number of nitrogens with one attached hydrogen (secondary N) is 1. The molecule has 1 heterocycles. The topological polar surface area (TPSA) is 68.1 Å². The van der Waals surface area contributed by atoms with Gasteiger partial charge in [0, 0.05) is 18.8 Å². The van der Waals surface area contributed by atoms with Crippen molar-refractivity contribution in [1.29, 1.82) is 0 Å². The molecule has 0 aliphatic rings. The summed E-state index contributed by atoms with van der Waals surface area (Å²) in [5.41, 5.74) is 0.842. The highest BCUT2D eigenvalue weighted by Crippen LogP contribution is 2.10. The second-order valence-corrected chi connectivity index (χ2v) is 2.34. The zero-order valence-electron chi connectivity index (χ0n) is 6.65.